The topological polar surface area (TPSA) is 127 Å². The van der Waals surface area contributed by atoms with Gasteiger partial charge in [-0.25, -0.2) is 13.2 Å². The van der Waals surface area contributed by atoms with Gasteiger partial charge in [-0.3, -0.25) is 19.5 Å². The van der Waals surface area contributed by atoms with Gasteiger partial charge in [0.25, 0.3) is 15.9 Å². The molecule has 35 heavy (non-hydrogen) atoms. The van der Waals surface area contributed by atoms with Crippen LogP contribution in [0.1, 0.15) is 22.8 Å². The number of nitrogens with zero attached hydrogens (tertiary/aromatic N) is 2. The first kappa shape index (κ1) is 24.6. The Kier molecular flexibility index (Phi) is 6.75. The van der Waals surface area contributed by atoms with E-state index in [0.717, 1.165) is 0 Å². The van der Waals surface area contributed by atoms with Crippen LogP contribution in [-0.2, 0) is 25.1 Å². The molecule has 2 N–H and O–H groups in total. The first-order valence-corrected chi connectivity index (χ1v) is 12.9. The van der Waals surface area contributed by atoms with Crippen molar-refractivity contribution in [2.24, 2.45) is 0 Å². The van der Waals surface area contributed by atoms with Gasteiger partial charge in [0.05, 0.1) is 23.9 Å². The van der Waals surface area contributed by atoms with Crippen LogP contribution in [0.25, 0.3) is 11.0 Å². The highest BCUT2D eigenvalue weighted by atomic mass is 35.5. The molecule has 0 aliphatic carbocycles. The molecular formula is C23H19ClN4O5S2. The summed E-state index contributed by atoms with van der Waals surface area (Å²) in [7, 11) is -2.99. The number of thiophene rings is 1. The Morgan fingerprint density at radius 3 is 2.60 bits per heavy atom. The highest BCUT2D eigenvalue weighted by Crippen LogP contribution is 2.29. The van der Waals surface area contributed by atoms with Gasteiger partial charge in [0, 0.05) is 17.4 Å². The average molecular weight is 531 g/mol. The Hall–Kier alpha value is -3.54. The Bertz CT molecular complexity index is 1520. The highest BCUT2D eigenvalue weighted by molar-refractivity contribution is 7.93. The van der Waals surface area contributed by atoms with Crippen LogP contribution in [0.3, 0.4) is 0 Å². The van der Waals surface area contributed by atoms with Gasteiger partial charge in [0.1, 0.15) is 10.4 Å². The fourth-order valence-electron chi connectivity index (χ4n) is 3.47. The van der Waals surface area contributed by atoms with Crippen molar-refractivity contribution in [3.63, 3.8) is 0 Å². The molecule has 2 aromatic heterocycles. The van der Waals surface area contributed by atoms with Crippen LogP contribution in [0, 0.1) is 0 Å². The molecule has 9 nitrogen and oxygen atoms in total. The largest absolute Gasteiger partial charge is 0.467 e. The first-order valence-electron chi connectivity index (χ1n) is 10.1. The van der Waals surface area contributed by atoms with Crippen LogP contribution >= 0.6 is 22.9 Å². The van der Waals surface area contributed by atoms with E-state index in [1.54, 1.807) is 29.0 Å². The molecule has 0 aliphatic rings. The number of halogens is 1. The number of benzene rings is 2. The predicted molar refractivity (Wildman–Crippen MR) is 133 cm³/mol. The lowest BCUT2D eigenvalue weighted by Crippen LogP contribution is -2.50. The fourth-order valence-corrected chi connectivity index (χ4v) is 5.64. The van der Waals surface area contributed by atoms with Crippen molar-refractivity contribution in [3.05, 3.63) is 81.8 Å². The third-order valence-electron chi connectivity index (χ3n) is 5.28. The minimum Gasteiger partial charge on any atom is -0.467 e. The number of fused-ring (bicyclic) bond motifs is 1. The molecule has 0 fully saturated rings. The summed E-state index contributed by atoms with van der Waals surface area (Å²) in [5.41, 5.74) is -0.543. The first-order chi connectivity index (χ1) is 16.7. The molecule has 0 bridgehead atoms. The average Bonchev–Trinajstić information content (AvgIpc) is 3.38. The Balaban J connectivity index is 1.73. The number of rotatable bonds is 7. The van der Waals surface area contributed by atoms with Crippen molar-refractivity contribution in [2.45, 2.75) is 17.4 Å². The maximum absolute atomic E-state index is 13.3. The monoisotopic (exact) mass is 530 g/mol. The van der Waals surface area contributed by atoms with Gasteiger partial charge in [-0.1, -0.05) is 17.7 Å². The van der Waals surface area contributed by atoms with Crippen LogP contribution in [0.15, 0.2) is 70.5 Å². The Morgan fingerprint density at radius 2 is 1.89 bits per heavy atom. The number of amides is 1. The summed E-state index contributed by atoms with van der Waals surface area (Å²) in [6.07, 6.45) is 2.84. The zero-order valence-electron chi connectivity index (χ0n) is 18.5. The second-order valence-electron chi connectivity index (χ2n) is 7.56. The molecular weight excluding hydrogens is 512 g/mol. The molecule has 2 aromatic carbocycles. The molecule has 180 valence electrons. The maximum Gasteiger partial charge on any atom is 0.336 e. The number of carbonyl (C=O) groups is 2. The number of aromatic nitrogens is 2. The van der Waals surface area contributed by atoms with Crippen LogP contribution in [0.5, 0.6) is 0 Å². The highest BCUT2D eigenvalue weighted by Gasteiger charge is 2.39. The molecule has 0 saturated heterocycles. The number of anilines is 1. The van der Waals surface area contributed by atoms with Gasteiger partial charge in [-0.05, 0) is 59.6 Å². The zero-order valence-corrected chi connectivity index (χ0v) is 20.9. The minimum atomic E-state index is -4.20. The standard InChI is InChI=1S/C23H19ClN4O5S2/c1-23(22(30)33-2,14-8-11-34-13-14)27-21(29)16-7-6-15(24)12-18(16)28-35(31,32)19-5-3-4-17-20(19)26-10-9-25-17/h3-13,28H,1-2H3,(H,27,29). The molecule has 1 unspecified atom stereocenters. The lowest BCUT2D eigenvalue weighted by Gasteiger charge is -2.28. The molecule has 1 amide bonds. The van der Waals surface area contributed by atoms with Crippen LogP contribution in [0.4, 0.5) is 5.69 Å². The van der Waals surface area contributed by atoms with Gasteiger partial charge in [-0.15, -0.1) is 0 Å². The van der Waals surface area contributed by atoms with E-state index in [0.29, 0.717) is 11.1 Å². The van der Waals surface area contributed by atoms with Crippen LogP contribution < -0.4 is 10.0 Å². The third-order valence-corrected chi connectivity index (χ3v) is 7.59. The van der Waals surface area contributed by atoms with Crippen molar-refractivity contribution in [1.29, 1.82) is 0 Å². The molecule has 2 heterocycles. The van der Waals surface area contributed by atoms with Crippen LogP contribution in [-0.4, -0.2) is 37.4 Å². The number of methoxy groups -OCH3 is 1. The summed E-state index contributed by atoms with van der Waals surface area (Å²) in [6.45, 7) is 1.51. The van der Waals surface area contributed by atoms with Crippen LogP contribution in [0.2, 0.25) is 5.02 Å². The van der Waals surface area contributed by atoms with Gasteiger partial charge in [0.15, 0.2) is 5.54 Å². The van der Waals surface area contributed by atoms with E-state index in [1.165, 1.54) is 62.0 Å². The van der Waals surface area contributed by atoms with E-state index in [4.69, 9.17) is 16.3 Å². The summed E-state index contributed by atoms with van der Waals surface area (Å²) < 4.78 is 33.9. The lowest BCUT2D eigenvalue weighted by molar-refractivity contribution is -0.147. The number of ether oxygens (including phenoxy) is 1. The van der Waals surface area contributed by atoms with E-state index < -0.39 is 27.4 Å². The summed E-state index contributed by atoms with van der Waals surface area (Å²) in [4.78, 5) is 34.1. The molecule has 0 saturated carbocycles. The van der Waals surface area contributed by atoms with E-state index in [2.05, 4.69) is 20.0 Å². The maximum atomic E-state index is 13.3. The molecule has 0 spiro atoms. The molecule has 1 atom stereocenters. The molecule has 0 radical (unpaired) electrons. The van der Waals surface area contributed by atoms with Crippen molar-refractivity contribution in [3.8, 4) is 0 Å². The SMILES string of the molecule is COC(=O)C(C)(NC(=O)c1ccc(Cl)cc1NS(=O)(=O)c1cccc2nccnc12)c1ccsc1. The van der Waals surface area contributed by atoms with E-state index in [-0.39, 0.29) is 26.7 Å². The summed E-state index contributed by atoms with van der Waals surface area (Å²) in [5.74, 6) is -1.40. The summed E-state index contributed by atoms with van der Waals surface area (Å²) in [5, 5.41) is 6.34. The fraction of sp³-hybridized carbons (Fsp3) is 0.130. The van der Waals surface area contributed by atoms with Gasteiger partial charge in [0.2, 0.25) is 0 Å². The number of hydrogen-bond donors (Lipinski definition) is 2. The smallest absolute Gasteiger partial charge is 0.336 e. The summed E-state index contributed by atoms with van der Waals surface area (Å²) in [6, 6.07) is 10.4. The number of sulfonamides is 1. The predicted octanol–water partition coefficient (Wildman–Crippen LogP) is 3.96. The van der Waals surface area contributed by atoms with Gasteiger partial charge >= 0.3 is 5.97 Å². The molecule has 4 rings (SSSR count). The minimum absolute atomic E-state index is 0.0466. The molecule has 0 aliphatic heterocycles. The number of nitrogens with one attached hydrogen (secondary N) is 2. The van der Waals surface area contributed by atoms with Gasteiger partial charge < -0.3 is 10.1 Å². The molecule has 12 heteroatoms. The quantitative estimate of drug-likeness (QED) is 0.346. The Morgan fingerprint density at radius 1 is 1.11 bits per heavy atom. The normalized spacial score (nSPS) is 13.1. The van der Waals surface area contributed by atoms with E-state index in [1.807, 2.05) is 0 Å². The number of hydrogen-bond acceptors (Lipinski definition) is 8. The number of esters is 1. The zero-order chi connectivity index (χ0) is 25.2. The second-order valence-corrected chi connectivity index (χ2v) is 10.4. The molecule has 4 aromatic rings. The van der Waals surface area contributed by atoms with Gasteiger partial charge in [-0.2, -0.15) is 11.3 Å². The second kappa shape index (κ2) is 9.61. The van der Waals surface area contributed by atoms with Crippen molar-refractivity contribution >= 4 is 61.6 Å². The van der Waals surface area contributed by atoms with E-state index in [9.17, 15) is 18.0 Å². The van der Waals surface area contributed by atoms with E-state index >= 15 is 0 Å². The van der Waals surface area contributed by atoms with Crippen molar-refractivity contribution < 1.29 is 22.7 Å². The number of carbonyl (C=O) groups excluding carboxylic acids is 2. The number of para-hydroxylation sites is 1. The third kappa shape index (κ3) is 4.83. The van der Waals surface area contributed by atoms with Crippen molar-refractivity contribution in [1.82, 2.24) is 15.3 Å². The van der Waals surface area contributed by atoms with Crippen molar-refractivity contribution in [2.75, 3.05) is 11.8 Å². The Labute approximate surface area is 210 Å². The summed E-state index contributed by atoms with van der Waals surface area (Å²) >= 11 is 7.47. The lowest BCUT2D eigenvalue weighted by atomic mass is 9.94.